The van der Waals surface area contributed by atoms with E-state index in [2.05, 4.69) is 13.8 Å². The fraction of sp³-hybridized carbons (Fsp3) is 0.933. The number of ether oxygens (including phenoxy) is 1. The Balaban J connectivity index is 4.00. The smallest absolute Gasteiger partial charge is 0.306 e. The van der Waals surface area contributed by atoms with Crippen molar-refractivity contribution >= 4 is 11.9 Å². The second kappa shape index (κ2) is 26.5. The van der Waals surface area contributed by atoms with Gasteiger partial charge in [-0.3, -0.25) is 9.59 Å². The van der Waals surface area contributed by atoms with Crippen LogP contribution in [0.4, 0.5) is 0 Å². The van der Waals surface area contributed by atoms with Crippen molar-refractivity contribution < 1.29 is 19.4 Å². The van der Waals surface area contributed by atoms with Gasteiger partial charge < -0.3 is 9.84 Å². The lowest BCUT2D eigenvalue weighted by atomic mass is 10.0. The number of unbranched alkanes of at least 4 members (excludes halogenated alkanes) is 18. The predicted octanol–water partition coefficient (Wildman–Crippen LogP) is 9.78. The summed E-state index contributed by atoms with van der Waals surface area (Å²) in [6.45, 7) is 4.50. The molecule has 0 aromatic heterocycles. The fourth-order valence-corrected chi connectivity index (χ4v) is 4.59. The van der Waals surface area contributed by atoms with Crippen molar-refractivity contribution in [3.8, 4) is 0 Å². The summed E-state index contributed by atoms with van der Waals surface area (Å²) >= 11 is 0. The van der Waals surface area contributed by atoms with Gasteiger partial charge in [0.25, 0.3) is 0 Å². The topological polar surface area (TPSA) is 63.6 Å². The molecule has 0 radical (unpaired) electrons. The highest BCUT2D eigenvalue weighted by molar-refractivity contribution is 5.69. The van der Waals surface area contributed by atoms with Gasteiger partial charge in [-0.25, -0.2) is 0 Å². The van der Waals surface area contributed by atoms with Gasteiger partial charge in [0.1, 0.15) is 6.10 Å². The molecule has 0 rings (SSSR count). The van der Waals surface area contributed by atoms with Gasteiger partial charge in [-0.15, -0.1) is 0 Å². The number of carbonyl (C=O) groups excluding carboxylic acids is 1. The molecule has 0 heterocycles. The van der Waals surface area contributed by atoms with E-state index in [1.807, 2.05) is 0 Å². The molecule has 4 nitrogen and oxygen atoms in total. The highest BCUT2D eigenvalue weighted by Crippen LogP contribution is 2.18. The molecule has 0 bridgehead atoms. The number of carboxylic acid groups (broad SMARTS) is 1. The van der Waals surface area contributed by atoms with Crippen LogP contribution in [-0.2, 0) is 14.3 Å². The fourth-order valence-electron chi connectivity index (χ4n) is 4.59. The molecule has 0 aromatic carbocycles. The summed E-state index contributed by atoms with van der Waals surface area (Å²) in [7, 11) is 0. The minimum Gasteiger partial charge on any atom is -0.481 e. The molecule has 0 aliphatic heterocycles. The zero-order valence-electron chi connectivity index (χ0n) is 22.9. The molecule has 0 aliphatic rings. The number of hydrogen-bond acceptors (Lipinski definition) is 3. The van der Waals surface area contributed by atoms with Gasteiger partial charge in [0.05, 0.1) is 0 Å². The predicted molar refractivity (Wildman–Crippen MR) is 144 cm³/mol. The SMILES string of the molecule is CCCCCCCCCCCC(=O)OC(CCCCCCCC)CCCCCCCCC(=O)O. The van der Waals surface area contributed by atoms with Crippen LogP contribution in [-0.4, -0.2) is 23.1 Å². The van der Waals surface area contributed by atoms with E-state index < -0.39 is 5.97 Å². The van der Waals surface area contributed by atoms with Crippen molar-refractivity contribution in [1.82, 2.24) is 0 Å². The van der Waals surface area contributed by atoms with Crippen molar-refractivity contribution in [2.24, 2.45) is 0 Å². The van der Waals surface area contributed by atoms with E-state index in [9.17, 15) is 9.59 Å². The molecule has 1 atom stereocenters. The molecule has 1 unspecified atom stereocenters. The Morgan fingerprint density at radius 3 is 1.29 bits per heavy atom. The summed E-state index contributed by atoms with van der Waals surface area (Å²) in [6.07, 6.45) is 28.2. The minimum atomic E-state index is -0.693. The van der Waals surface area contributed by atoms with Crippen molar-refractivity contribution in [1.29, 1.82) is 0 Å². The summed E-state index contributed by atoms with van der Waals surface area (Å²) in [5.74, 6) is -0.686. The lowest BCUT2D eigenvalue weighted by molar-refractivity contribution is -0.150. The van der Waals surface area contributed by atoms with Crippen LogP contribution in [0.5, 0.6) is 0 Å². The highest BCUT2D eigenvalue weighted by Gasteiger charge is 2.14. The summed E-state index contributed by atoms with van der Waals surface area (Å²) in [5.41, 5.74) is 0. The molecule has 0 saturated heterocycles. The number of aliphatic carboxylic acids is 1. The molecule has 0 aliphatic carbocycles. The molecule has 0 saturated carbocycles. The molecule has 0 aromatic rings. The van der Waals surface area contributed by atoms with Crippen LogP contribution in [0.25, 0.3) is 0 Å². The number of rotatable bonds is 27. The molecule has 202 valence electrons. The average Bonchev–Trinajstić information content (AvgIpc) is 2.81. The van der Waals surface area contributed by atoms with Gasteiger partial charge in [-0.05, 0) is 38.5 Å². The Kier molecular flexibility index (Phi) is 25.7. The summed E-state index contributed by atoms with van der Waals surface area (Å²) in [6, 6.07) is 0. The second-order valence-electron chi connectivity index (χ2n) is 10.3. The quantitative estimate of drug-likeness (QED) is 0.0934. The Labute approximate surface area is 212 Å². The van der Waals surface area contributed by atoms with Crippen LogP contribution in [0.2, 0.25) is 0 Å². The van der Waals surface area contributed by atoms with E-state index in [-0.39, 0.29) is 18.5 Å². The maximum absolute atomic E-state index is 12.4. The number of carboxylic acids is 1. The Morgan fingerprint density at radius 1 is 0.529 bits per heavy atom. The van der Waals surface area contributed by atoms with E-state index in [1.54, 1.807) is 0 Å². The van der Waals surface area contributed by atoms with Crippen LogP contribution < -0.4 is 0 Å². The van der Waals surface area contributed by atoms with Gasteiger partial charge in [0.2, 0.25) is 0 Å². The molecule has 34 heavy (non-hydrogen) atoms. The molecule has 1 N–H and O–H groups in total. The van der Waals surface area contributed by atoms with Crippen LogP contribution in [0.3, 0.4) is 0 Å². The maximum Gasteiger partial charge on any atom is 0.306 e. The molecular weight excluding hydrogens is 424 g/mol. The molecular formula is C30H58O4. The lowest BCUT2D eigenvalue weighted by Crippen LogP contribution is -2.18. The van der Waals surface area contributed by atoms with Crippen molar-refractivity contribution in [3.05, 3.63) is 0 Å². The zero-order valence-corrected chi connectivity index (χ0v) is 22.9. The first-order chi connectivity index (χ1) is 16.6. The van der Waals surface area contributed by atoms with Crippen molar-refractivity contribution in [3.63, 3.8) is 0 Å². The first kappa shape index (κ1) is 32.9. The third kappa shape index (κ3) is 25.6. The van der Waals surface area contributed by atoms with Crippen molar-refractivity contribution in [2.45, 2.75) is 180 Å². The van der Waals surface area contributed by atoms with Crippen LogP contribution in [0.1, 0.15) is 174 Å². The van der Waals surface area contributed by atoms with Gasteiger partial charge in [0, 0.05) is 12.8 Å². The minimum absolute atomic E-state index is 0.00704. The Bertz CT molecular complexity index is 449. The molecule has 0 amide bonds. The number of esters is 1. The standard InChI is InChI=1S/C30H58O4/c1-3-5-7-9-11-12-13-19-23-27-30(33)34-28(24-20-16-10-8-6-4-2)25-21-17-14-15-18-22-26-29(31)32/h28H,3-27H2,1-2H3,(H,31,32). The lowest BCUT2D eigenvalue weighted by Gasteiger charge is -2.18. The summed E-state index contributed by atoms with van der Waals surface area (Å²) in [5, 5.41) is 8.71. The number of hydrogen-bond donors (Lipinski definition) is 1. The third-order valence-electron chi connectivity index (χ3n) is 6.83. The molecule has 0 spiro atoms. The summed E-state index contributed by atoms with van der Waals surface area (Å²) in [4.78, 5) is 23.0. The zero-order chi connectivity index (χ0) is 25.1. The first-order valence-electron chi connectivity index (χ1n) is 15.0. The van der Waals surface area contributed by atoms with E-state index >= 15 is 0 Å². The number of carbonyl (C=O) groups is 2. The van der Waals surface area contributed by atoms with Crippen molar-refractivity contribution in [2.75, 3.05) is 0 Å². The highest BCUT2D eigenvalue weighted by atomic mass is 16.5. The maximum atomic E-state index is 12.4. The second-order valence-corrected chi connectivity index (χ2v) is 10.3. The van der Waals surface area contributed by atoms with Gasteiger partial charge in [0.15, 0.2) is 0 Å². The Morgan fingerprint density at radius 2 is 0.882 bits per heavy atom. The van der Waals surface area contributed by atoms with E-state index in [0.717, 1.165) is 70.6 Å². The van der Waals surface area contributed by atoms with Gasteiger partial charge in [-0.2, -0.15) is 0 Å². The van der Waals surface area contributed by atoms with Crippen LogP contribution in [0, 0.1) is 0 Å². The first-order valence-corrected chi connectivity index (χ1v) is 15.0. The van der Waals surface area contributed by atoms with E-state index in [1.165, 1.54) is 77.0 Å². The third-order valence-corrected chi connectivity index (χ3v) is 6.83. The van der Waals surface area contributed by atoms with Gasteiger partial charge >= 0.3 is 11.9 Å². The van der Waals surface area contributed by atoms with Crippen LogP contribution >= 0.6 is 0 Å². The Hall–Kier alpha value is -1.06. The summed E-state index contributed by atoms with van der Waals surface area (Å²) < 4.78 is 5.92. The monoisotopic (exact) mass is 482 g/mol. The van der Waals surface area contributed by atoms with Crippen LogP contribution in [0.15, 0.2) is 0 Å². The molecule has 4 heteroatoms. The van der Waals surface area contributed by atoms with Gasteiger partial charge in [-0.1, -0.05) is 123 Å². The van der Waals surface area contributed by atoms with E-state index in [4.69, 9.17) is 9.84 Å². The average molecular weight is 483 g/mol. The molecule has 0 fully saturated rings. The largest absolute Gasteiger partial charge is 0.481 e. The van der Waals surface area contributed by atoms with E-state index in [0.29, 0.717) is 6.42 Å². The normalized spacial score (nSPS) is 12.1.